The molecule has 2 N–H and O–H groups in total. The van der Waals surface area contributed by atoms with Crippen LogP contribution in [-0.2, 0) is 4.79 Å². The highest BCUT2D eigenvalue weighted by molar-refractivity contribution is 5.94. The minimum atomic E-state index is -0.195. The van der Waals surface area contributed by atoms with Crippen LogP contribution in [0.25, 0.3) is 0 Å². The molecular formula is C10H12N2O2. The van der Waals surface area contributed by atoms with Crippen molar-refractivity contribution in [3.05, 3.63) is 35.4 Å². The van der Waals surface area contributed by atoms with Crippen molar-refractivity contribution in [1.82, 2.24) is 10.6 Å². The van der Waals surface area contributed by atoms with Gasteiger partial charge in [0.1, 0.15) is 0 Å². The molecule has 0 aliphatic rings. The number of rotatable bonds is 4. The highest BCUT2D eigenvalue weighted by Gasteiger charge is 2.02. The summed E-state index contributed by atoms with van der Waals surface area (Å²) in [5.41, 5.74) is 1.69. The van der Waals surface area contributed by atoms with E-state index in [0.29, 0.717) is 12.0 Å². The predicted octanol–water partition coefficient (Wildman–Crippen LogP) is 0.428. The number of carbonyl (C=O) groups excluding carboxylic acids is 2. The van der Waals surface area contributed by atoms with Crippen molar-refractivity contribution in [2.75, 3.05) is 6.67 Å². The molecule has 1 aromatic carbocycles. The zero-order valence-corrected chi connectivity index (χ0v) is 7.91. The largest absolute Gasteiger partial charge is 0.341 e. The first-order valence-electron chi connectivity index (χ1n) is 4.26. The Hall–Kier alpha value is -1.84. The van der Waals surface area contributed by atoms with Crippen molar-refractivity contribution >= 4 is 12.3 Å². The van der Waals surface area contributed by atoms with Gasteiger partial charge >= 0.3 is 0 Å². The summed E-state index contributed by atoms with van der Waals surface area (Å²) in [5.74, 6) is -0.195. The fraction of sp³-hybridized carbons (Fsp3) is 0.200. The second-order valence-corrected chi connectivity index (χ2v) is 2.87. The number of amides is 2. The summed E-state index contributed by atoms with van der Waals surface area (Å²) < 4.78 is 0. The van der Waals surface area contributed by atoms with E-state index in [1.807, 2.05) is 19.1 Å². The molecule has 0 bridgehead atoms. The van der Waals surface area contributed by atoms with Gasteiger partial charge in [-0.1, -0.05) is 17.7 Å². The summed E-state index contributed by atoms with van der Waals surface area (Å²) in [6.07, 6.45) is 0.537. The molecule has 0 saturated carbocycles. The number of aryl methyl sites for hydroxylation is 1. The van der Waals surface area contributed by atoms with Crippen LogP contribution in [0, 0.1) is 6.92 Å². The van der Waals surface area contributed by atoms with E-state index in [2.05, 4.69) is 10.6 Å². The molecule has 0 aliphatic carbocycles. The molecule has 0 aromatic heterocycles. The molecule has 1 aromatic rings. The maximum absolute atomic E-state index is 11.4. The Bertz CT molecular complexity index is 319. The minimum absolute atomic E-state index is 0.149. The summed E-state index contributed by atoms with van der Waals surface area (Å²) in [5, 5.41) is 4.89. The van der Waals surface area contributed by atoms with E-state index in [-0.39, 0.29) is 12.6 Å². The topological polar surface area (TPSA) is 58.2 Å². The number of hydrogen-bond acceptors (Lipinski definition) is 2. The maximum Gasteiger partial charge on any atom is 0.252 e. The first-order chi connectivity index (χ1) is 6.74. The first kappa shape index (κ1) is 10.2. The molecule has 4 nitrogen and oxygen atoms in total. The van der Waals surface area contributed by atoms with E-state index in [0.717, 1.165) is 5.56 Å². The van der Waals surface area contributed by atoms with Gasteiger partial charge in [-0.25, -0.2) is 0 Å². The summed E-state index contributed by atoms with van der Waals surface area (Å²) in [6, 6.07) is 7.21. The molecule has 74 valence electrons. The number of benzene rings is 1. The minimum Gasteiger partial charge on any atom is -0.341 e. The van der Waals surface area contributed by atoms with Crippen LogP contribution in [0.3, 0.4) is 0 Å². The first-order valence-corrected chi connectivity index (χ1v) is 4.26. The van der Waals surface area contributed by atoms with Crippen LogP contribution in [0.15, 0.2) is 24.3 Å². The van der Waals surface area contributed by atoms with Gasteiger partial charge in [0, 0.05) is 5.56 Å². The van der Waals surface area contributed by atoms with E-state index < -0.39 is 0 Å². The van der Waals surface area contributed by atoms with Crippen LogP contribution < -0.4 is 10.6 Å². The van der Waals surface area contributed by atoms with Gasteiger partial charge < -0.3 is 10.6 Å². The van der Waals surface area contributed by atoms with Gasteiger partial charge in [-0.3, -0.25) is 9.59 Å². The van der Waals surface area contributed by atoms with Crippen molar-refractivity contribution in [3.63, 3.8) is 0 Å². The molecular weight excluding hydrogens is 180 g/mol. The number of nitrogens with one attached hydrogen (secondary N) is 2. The van der Waals surface area contributed by atoms with Gasteiger partial charge in [-0.05, 0) is 19.1 Å². The lowest BCUT2D eigenvalue weighted by Gasteiger charge is -2.03. The molecule has 2 amide bonds. The molecule has 0 aliphatic heterocycles. The quantitative estimate of drug-likeness (QED) is 0.413. The SMILES string of the molecule is Cc1ccc(C(=O)NCNC=O)cc1. The van der Waals surface area contributed by atoms with Crippen LogP contribution in [0.5, 0.6) is 0 Å². The Kier molecular flexibility index (Phi) is 3.67. The molecule has 0 radical (unpaired) electrons. The molecule has 1 rings (SSSR count). The number of hydrogen-bond donors (Lipinski definition) is 2. The Morgan fingerprint density at radius 2 is 2.00 bits per heavy atom. The third-order valence-electron chi connectivity index (χ3n) is 1.75. The van der Waals surface area contributed by atoms with Gasteiger partial charge in [0.05, 0.1) is 6.67 Å². The molecule has 0 atom stereocenters. The summed E-state index contributed by atoms with van der Waals surface area (Å²) in [6.45, 7) is 2.10. The van der Waals surface area contributed by atoms with Crippen molar-refractivity contribution in [2.24, 2.45) is 0 Å². The standard InChI is InChI=1S/C10H12N2O2/c1-8-2-4-9(5-3-8)10(14)12-6-11-7-13/h2-5,7H,6H2,1H3,(H,11,13)(H,12,14). The highest BCUT2D eigenvalue weighted by atomic mass is 16.2. The van der Waals surface area contributed by atoms with E-state index >= 15 is 0 Å². The predicted molar refractivity (Wildman–Crippen MR) is 52.7 cm³/mol. The Morgan fingerprint density at radius 3 is 2.57 bits per heavy atom. The fourth-order valence-electron chi connectivity index (χ4n) is 0.980. The normalized spacial score (nSPS) is 9.21. The lowest BCUT2D eigenvalue weighted by molar-refractivity contribution is -0.109. The molecule has 0 saturated heterocycles. The van der Waals surface area contributed by atoms with Gasteiger partial charge in [-0.2, -0.15) is 0 Å². The fourth-order valence-corrected chi connectivity index (χ4v) is 0.980. The van der Waals surface area contributed by atoms with E-state index in [9.17, 15) is 9.59 Å². The number of carbonyl (C=O) groups is 2. The van der Waals surface area contributed by atoms with Gasteiger partial charge in [0.15, 0.2) is 0 Å². The smallest absolute Gasteiger partial charge is 0.252 e. The van der Waals surface area contributed by atoms with Crippen LogP contribution in [0.1, 0.15) is 15.9 Å². The summed E-state index contributed by atoms with van der Waals surface area (Å²) in [7, 11) is 0. The zero-order chi connectivity index (χ0) is 10.4. The highest BCUT2D eigenvalue weighted by Crippen LogP contribution is 2.02. The zero-order valence-electron chi connectivity index (χ0n) is 7.91. The van der Waals surface area contributed by atoms with E-state index in [4.69, 9.17) is 0 Å². The second-order valence-electron chi connectivity index (χ2n) is 2.87. The third kappa shape index (κ3) is 2.90. The van der Waals surface area contributed by atoms with Gasteiger partial charge in [-0.15, -0.1) is 0 Å². The lowest BCUT2D eigenvalue weighted by atomic mass is 10.1. The summed E-state index contributed by atoms with van der Waals surface area (Å²) >= 11 is 0. The van der Waals surface area contributed by atoms with Crippen LogP contribution in [0.4, 0.5) is 0 Å². The van der Waals surface area contributed by atoms with Crippen molar-refractivity contribution in [1.29, 1.82) is 0 Å². The van der Waals surface area contributed by atoms with Crippen molar-refractivity contribution in [3.8, 4) is 0 Å². The molecule has 0 unspecified atom stereocenters. The van der Waals surface area contributed by atoms with Gasteiger partial charge in [0.25, 0.3) is 5.91 Å². The van der Waals surface area contributed by atoms with Crippen molar-refractivity contribution < 1.29 is 9.59 Å². The van der Waals surface area contributed by atoms with E-state index in [1.165, 1.54) is 0 Å². The molecule has 4 heteroatoms. The maximum atomic E-state index is 11.4. The van der Waals surface area contributed by atoms with Crippen LogP contribution in [-0.4, -0.2) is 19.0 Å². The molecule has 0 fully saturated rings. The second kappa shape index (κ2) is 5.01. The van der Waals surface area contributed by atoms with Crippen LogP contribution >= 0.6 is 0 Å². The molecule has 14 heavy (non-hydrogen) atoms. The Morgan fingerprint density at radius 1 is 1.36 bits per heavy atom. The van der Waals surface area contributed by atoms with Crippen LogP contribution in [0.2, 0.25) is 0 Å². The Balaban J connectivity index is 2.52. The van der Waals surface area contributed by atoms with Crippen molar-refractivity contribution in [2.45, 2.75) is 6.92 Å². The monoisotopic (exact) mass is 192 g/mol. The molecule has 0 heterocycles. The average Bonchev–Trinajstić information content (AvgIpc) is 2.19. The Labute approximate surface area is 82.3 Å². The average molecular weight is 192 g/mol. The van der Waals surface area contributed by atoms with E-state index in [1.54, 1.807) is 12.1 Å². The third-order valence-corrected chi connectivity index (χ3v) is 1.75. The molecule has 0 spiro atoms. The van der Waals surface area contributed by atoms with Gasteiger partial charge in [0.2, 0.25) is 6.41 Å². The lowest BCUT2D eigenvalue weighted by Crippen LogP contribution is -2.32. The summed E-state index contributed by atoms with van der Waals surface area (Å²) in [4.78, 5) is 21.3.